The summed E-state index contributed by atoms with van der Waals surface area (Å²) in [6.07, 6.45) is 10.8. The highest BCUT2D eigenvalue weighted by Gasteiger charge is 2.31. The first-order chi connectivity index (χ1) is 9.34. The summed E-state index contributed by atoms with van der Waals surface area (Å²) < 4.78 is 0. The Morgan fingerprint density at radius 3 is 2.58 bits per heavy atom. The molecule has 3 nitrogen and oxygen atoms in total. The molecule has 2 heterocycles. The summed E-state index contributed by atoms with van der Waals surface area (Å²) in [6.45, 7) is 2.25. The summed E-state index contributed by atoms with van der Waals surface area (Å²) in [7, 11) is 0. The molecule has 1 aromatic heterocycles. The Hall–Kier alpha value is -0.930. The van der Waals surface area contributed by atoms with Crippen LogP contribution in [0.1, 0.15) is 50.0 Å². The molecule has 2 fully saturated rings. The number of aliphatic hydroxyl groups is 1. The van der Waals surface area contributed by atoms with Gasteiger partial charge in [-0.2, -0.15) is 0 Å². The maximum absolute atomic E-state index is 10.2. The van der Waals surface area contributed by atoms with Gasteiger partial charge in [-0.3, -0.25) is 9.88 Å². The Kier molecular flexibility index (Phi) is 4.14. The number of rotatable bonds is 2. The topological polar surface area (TPSA) is 36.4 Å². The third kappa shape index (κ3) is 2.98. The molecule has 1 aliphatic heterocycles. The minimum Gasteiger partial charge on any atom is -0.391 e. The molecule has 1 saturated carbocycles. The highest BCUT2D eigenvalue weighted by atomic mass is 16.3. The van der Waals surface area contributed by atoms with Gasteiger partial charge in [0.1, 0.15) is 0 Å². The van der Waals surface area contributed by atoms with Crippen molar-refractivity contribution in [1.82, 2.24) is 9.88 Å². The second-order valence-electron chi connectivity index (χ2n) is 6.02. The molecule has 19 heavy (non-hydrogen) atoms. The van der Waals surface area contributed by atoms with E-state index in [1.165, 1.54) is 37.7 Å². The Morgan fingerprint density at radius 2 is 1.89 bits per heavy atom. The van der Waals surface area contributed by atoms with Gasteiger partial charge in [0.2, 0.25) is 0 Å². The van der Waals surface area contributed by atoms with Crippen LogP contribution in [0.25, 0.3) is 0 Å². The fraction of sp³-hybridized carbons (Fsp3) is 0.688. The number of likely N-dealkylation sites (tertiary alicyclic amines) is 1. The molecule has 104 valence electrons. The second-order valence-corrected chi connectivity index (χ2v) is 6.02. The molecule has 3 rings (SSSR count). The van der Waals surface area contributed by atoms with Crippen LogP contribution in [0.5, 0.6) is 0 Å². The Morgan fingerprint density at radius 1 is 1.11 bits per heavy atom. The van der Waals surface area contributed by atoms with Gasteiger partial charge in [0.25, 0.3) is 0 Å². The molecular formula is C16H24N2O. The molecular weight excluding hydrogens is 236 g/mol. The quantitative estimate of drug-likeness (QED) is 0.888. The standard InChI is InChI=1S/C16H24N2O/c19-16-6-2-1-5-15(16)18-10-7-13(8-11-18)14-4-3-9-17-12-14/h3-4,9,12-13,15-16,19H,1-2,5-8,10-11H2/t15-,16-/m1/s1. The van der Waals surface area contributed by atoms with Crippen LogP contribution in [0.4, 0.5) is 0 Å². The van der Waals surface area contributed by atoms with E-state index in [4.69, 9.17) is 0 Å². The van der Waals surface area contributed by atoms with E-state index in [0.29, 0.717) is 12.0 Å². The van der Waals surface area contributed by atoms with Gasteiger partial charge in [-0.05, 0) is 56.3 Å². The van der Waals surface area contributed by atoms with E-state index in [-0.39, 0.29) is 6.10 Å². The number of aliphatic hydroxyl groups excluding tert-OH is 1. The third-order valence-corrected chi connectivity index (χ3v) is 4.85. The minimum absolute atomic E-state index is 0.0938. The van der Waals surface area contributed by atoms with Gasteiger partial charge in [0.05, 0.1) is 6.10 Å². The van der Waals surface area contributed by atoms with E-state index in [1.54, 1.807) is 0 Å². The molecule has 0 radical (unpaired) electrons. The summed E-state index contributed by atoms with van der Waals surface area (Å²) in [4.78, 5) is 6.75. The van der Waals surface area contributed by atoms with Gasteiger partial charge >= 0.3 is 0 Å². The normalized spacial score (nSPS) is 30.4. The molecule has 3 heteroatoms. The first-order valence-electron chi connectivity index (χ1n) is 7.66. The van der Waals surface area contributed by atoms with Crippen LogP contribution in [-0.2, 0) is 0 Å². The minimum atomic E-state index is -0.0938. The van der Waals surface area contributed by atoms with Crippen LogP contribution in [0, 0.1) is 0 Å². The van der Waals surface area contributed by atoms with Crippen molar-refractivity contribution in [1.29, 1.82) is 0 Å². The number of aromatic nitrogens is 1. The number of hydrogen-bond donors (Lipinski definition) is 1. The molecule has 2 atom stereocenters. The van der Waals surface area contributed by atoms with Crippen molar-refractivity contribution < 1.29 is 5.11 Å². The molecule has 0 unspecified atom stereocenters. The van der Waals surface area contributed by atoms with E-state index in [0.717, 1.165) is 19.5 Å². The summed E-state index contributed by atoms with van der Waals surface area (Å²) in [5.74, 6) is 0.658. The van der Waals surface area contributed by atoms with Gasteiger partial charge in [0, 0.05) is 18.4 Å². The zero-order valence-electron chi connectivity index (χ0n) is 11.5. The summed E-state index contributed by atoms with van der Waals surface area (Å²) in [6, 6.07) is 4.65. The molecule has 1 aliphatic carbocycles. The van der Waals surface area contributed by atoms with Crippen LogP contribution in [0.2, 0.25) is 0 Å². The Labute approximate surface area is 115 Å². The van der Waals surface area contributed by atoms with Crippen LogP contribution in [-0.4, -0.2) is 40.2 Å². The molecule has 0 amide bonds. The van der Waals surface area contributed by atoms with Gasteiger partial charge in [-0.15, -0.1) is 0 Å². The van der Waals surface area contributed by atoms with E-state index >= 15 is 0 Å². The van der Waals surface area contributed by atoms with Crippen molar-refractivity contribution in [3.63, 3.8) is 0 Å². The SMILES string of the molecule is O[C@@H]1CCCC[C@H]1N1CCC(c2cccnc2)CC1. The third-order valence-electron chi connectivity index (χ3n) is 4.85. The predicted molar refractivity (Wildman–Crippen MR) is 76.0 cm³/mol. The lowest BCUT2D eigenvalue weighted by atomic mass is 9.86. The molecule has 0 aromatic carbocycles. The average molecular weight is 260 g/mol. The van der Waals surface area contributed by atoms with Gasteiger partial charge < -0.3 is 5.11 Å². The van der Waals surface area contributed by atoms with Crippen LogP contribution in [0.15, 0.2) is 24.5 Å². The smallest absolute Gasteiger partial charge is 0.0695 e. The lowest BCUT2D eigenvalue weighted by Gasteiger charge is -2.41. The summed E-state index contributed by atoms with van der Waals surface area (Å²) in [5, 5.41) is 10.2. The molecule has 0 bridgehead atoms. The highest BCUT2D eigenvalue weighted by Crippen LogP contribution is 2.31. The average Bonchev–Trinajstić information content (AvgIpc) is 2.49. The zero-order valence-corrected chi connectivity index (χ0v) is 11.5. The number of nitrogens with zero attached hydrogens (tertiary/aromatic N) is 2. The fourth-order valence-corrected chi connectivity index (χ4v) is 3.70. The predicted octanol–water partition coefficient (Wildman–Crippen LogP) is 2.56. The Balaban J connectivity index is 1.57. The fourth-order valence-electron chi connectivity index (χ4n) is 3.70. The van der Waals surface area contributed by atoms with E-state index in [1.807, 2.05) is 18.5 Å². The highest BCUT2D eigenvalue weighted by molar-refractivity contribution is 5.15. The maximum Gasteiger partial charge on any atom is 0.0695 e. The maximum atomic E-state index is 10.2. The monoisotopic (exact) mass is 260 g/mol. The van der Waals surface area contributed by atoms with Gasteiger partial charge in [0.15, 0.2) is 0 Å². The van der Waals surface area contributed by atoms with Crippen molar-refractivity contribution in [3.8, 4) is 0 Å². The number of hydrogen-bond acceptors (Lipinski definition) is 3. The van der Waals surface area contributed by atoms with Crippen LogP contribution < -0.4 is 0 Å². The first-order valence-corrected chi connectivity index (χ1v) is 7.66. The molecule has 1 N–H and O–H groups in total. The van der Waals surface area contributed by atoms with E-state index in [9.17, 15) is 5.11 Å². The largest absolute Gasteiger partial charge is 0.391 e. The van der Waals surface area contributed by atoms with Crippen molar-refractivity contribution in [2.45, 2.75) is 56.6 Å². The molecule has 0 spiro atoms. The van der Waals surface area contributed by atoms with Crippen LogP contribution in [0.3, 0.4) is 0 Å². The van der Waals surface area contributed by atoms with E-state index < -0.39 is 0 Å². The number of piperidine rings is 1. The van der Waals surface area contributed by atoms with Crippen molar-refractivity contribution in [2.75, 3.05) is 13.1 Å². The Bertz CT molecular complexity index is 387. The summed E-state index contributed by atoms with van der Waals surface area (Å²) in [5.41, 5.74) is 1.38. The molecule has 1 saturated heterocycles. The van der Waals surface area contributed by atoms with Crippen LogP contribution >= 0.6 is 0 Å². The van der Waals surface area contributed by atoms with Gasteiger partial charge in [-0.25, -0.2) is 0 Å². The van der Waals surface area contributed by atoms with Crippen molar-refractivity contribution in [3.05, 3.63) is 30.1 Å². The zero-order chi connectivity index (χ0) is 13.1. The lowest BCUT2D eigenvalue weighted by Crippen LogP contribution is -2.48. The van der Waals surface area contributed by atoms with Gasteiger partial charge in [-0.1, -0.05) is 18.9 Å². The van der Waals surface area contributed by atoms with Crippen molar-refractivity contribution in [2.24, 2.45) is 0 Å². The van der Waals surface area contributed by atoms with Crippen molar-refractivity contribution >= 4 is 0 Å². The molecule has 2 aliphatic rings. The first kappa shape index (κ1) is 13.1. The summed E-state index contributed by atoms with van der Waals surface area (Å²) >= 11 is 0. The molecule has 1 aromatic rings. The second kappa shape index (κ2) is 6.02. The number of pyridine rings is 1. The lowest BCUT2D eigenvalue weighted by molar-refractivity contribution is 0.00869. The van der Waals surface area contributed by atoms with E-state index in [2.05, 4.69) is 16.0 Å².